The van der Waals surface area contributed by atoms with Crippen LogP contribution in [0.25, 0.3) is 5.57 Å². The number of hydrogen-bond acceptors (Lipinski definition) is 5. The van der Waals surface area contributed by atoms with Gasteiger partial charge in [-0.1, -0.05) is 11.6 Å². The van der Waals surface area contributed by atoms with Crippen LogP contribution in [-0.4, -0.2) is 34.6 Å². The fourth-order valence-corrected chi connectivity index (χ4v) is 1.70. The van der Waals surface area contributed by atoms with E-state index in [9.17, 15) is 5.11 Å². The number of hydrogen-bond donors (Lipinski definition) is 2. The molecule has 21 heavy (non-hydrogen) atoms. The van der Waals surface area contributed by atoms with Crippen LogP contribution in [0.1, 0.15) is 33.3 Å². The zero-order valence-corrected chi connectivity index (χ0v) is 13.6. The standard InChI is InChI=1S/C15H22ClN3O2/c1-10(2)21-13-5-14(16)19-8-12(13)11(6-17)7-18-9-15(3,4)20/h5-8,10,20H,9,17H2,1-4H3. The van der Waals surface area contributed by atoms with Gasteiger partial charge in [-0.3, -0.25) is 4.99 Å². The lowest BCUT2D eigenvalue weighted by molar-refractivity contribution is 0.0906. The molecular weight excluding hydrogens is 290 g/mol. The van der Waals surface area contributed by atoms with Crippen LogP contribution >= 0.6 is 11.6 Å². The molecule has 0 atom stereocenters. The van der Waals surface area contributed by atoms with E-state index in [1.54, 1.807) is 32.3 Å². The maximum Gasteiger partial charge on any atom is 0.132 e. The van der Waals surface area contributed by atoms with Crippen LogP contribution in [-0.2, 0) is 0 Å². The first-order valence-corrected chi connectivity index (χ1v) is 7.07. The highest BCUT2D eigenvalue weighted by Gasteiger charge is 2.13. The van der Waals surface area contributed by atoms with Crippen LogP contribution in [0.2, 0.25) is 5.15 Å². The Morgan fingerprint density at radius 2 is 2.24 bits per heavy atom. The molecule has 0 saturated carbocycles. The molecule has 1 rings (SSSR count). The highest BCUT2D eigenvalue weighted by molar-refractivity contribution is 6.29. The smallest absolute Gasteiger partial charge is 0.132 e. The van der Waals surface area contributed by atoms with Crippen molar-refractivity contribution in [3.05, 3.63) is 29.2 Å². The van der Waals surface area contributed by atoms with Gasteiger partial charge in [0.1, 0.15) is 10.9 Å². The second kappa shape index (κ2) is 7.43. The average molecular weight is 312 g/mol. The van der Waals surface area contributed by atoms with E-state index < -0.39 is 5.60 Å². The first kappa shape index (κ1) is 17.5. The molecule has 0 aromatic carbocycles. The molecule has 1 heterocycles. The quantitative estimate of drug-likeness (QED) is 0.625. The van der Waals surface area contributed by atoms with Crippen LogP contribution in [0.15, 0.2) is 23.5 Å². The van der Waals surface area contributed by atoms with E-state index in [2.05, 4.69) is 9.98 Å². The van der Waals surface area contributed by atoms with Crippen LogP contribution in [0, 0.1) is 0 Å². The summed E-state index contributed by atoms with van der Waals surface area (Å²) in [7, 11) is 0. The summed E-state index contributed by atoms with van der Waals surface area (Å²) in [5.74, 6) is 0.594. The number of ether oxygens (including phenoxy) is 1. The summed E-state index contributed by atoms with van der Waals surface area (Å²) in [6.07, 6.45) is 4.60. The van der Waals surface area contributed by atoms with E-state index >= 15 is 0 Å². The fourth-order valence-electron chi connectivity index (χ4n) is 1.55. The molecule has 0 spiro atoms. The zero-order valence-electron chi connectivity index (χ0n) is 12.8. The van der Waals surface area contributed by atoms with E-state index in [4.69, 9.17) is 22.1 Å². The third-order valence-electron chi connectivity index (χ3n) is 2.39. The first-order valence-electron chi connectivity index (χ1n) is 6.69. The zero-order chi connectivity index (χ0) is 16.0. The number of nitrogens with zero attached hydrogens (tertiary/aromatic N) is 2. The van der Waals surface area contributed by atoms with Crippen molar-refractivity contribution in [1.29, 1.82) is 0 Å². The Morgan fingerprint density at radius 1 is 1.57 bits per heavy atom. The number of aliphatic imine (C=N–C) groups is 1. The van der Waals surface area contributed by atoms with Crippen molar-refractivity contribution in [1.82, 2.24) is 4.98 Å². The lowest BCUT2D eigenvalue weighted by Crippen LogP contribution is -2.22. The molecule has 1 aromatic heterocycles. The molecular formula is C15H22ClN3O2. The largest absolute Gasteiger partial charge is 0.490 e. The Bertz CT molecular complexity index is 534. The Hall–Kier alpha value is -1.59. The summed E-state index contributed by atoms with van der Waals surface area (Å²) in [6.45, 7) is 7.49. The van der Waals surface area contributed by atoms with Crippen LogP contribution in [0.5, 0.6) is 5.75 Å². The van der Waals surface area contributed by atoms with Crippen molar-refractivity contribution in [2.24, 2.45) is 10.7 Å². The lowest BCUT2D eigenvalue weighted by Gasteiger charge is -2.15. The van der Waals surface area contributed by atoms with E-state index in [1.165, 1.54) is 6.20 Å². The van der Waals surface area contributed by atoms with Gasteiger partial charge in [0.2, 0.25) is 0 Å². The van der Waals surface area contributed by atoms with Gasteiger partial charge in [-0.15, -0.1) is 0 Å². The second-order valence-corrected chi connectivity index (χ2v) is 5.96. The Morgan fingerprint density at radius 3 is 2.76 bits per heavy atom. The van der Waals surface area contributed by atoms with Crippen molar-refractivity contribution >= 4 is 23.4 Å². The lowest BCUT2D eigenvalue weighted by atomic mass is 10.1. The van der Waals surface area contributed by atoms with Gasteiger partial charge in [-0.05, 0) is 27.7 Å². The minimum Gasteiger partial charge on any atom is -0.490 e. The molecule has 0 radical (unpaired) electrons. The predicted molar refractivity (Wildman–Crippen MR) is 86.8 cm³/mol. The van der Waals surface area contributed by atoms with Gasteiger partial charge in [0.05, 0.1) is 18.2 Å². The van der Waals surface area contributed by atoms with Crippen LogP contribution in [0.4, 0.5) is 0 Å². The minimum atomic E-state index is -0.869. The molecule has 6 heteroatoms. The molecule has 116 valence electrons. The monoisotopic (exact) mass is 311 g/mol. The third-order valence-corrected chi connectivity index (χ3v) is 2.60. The van der Waals surface area contributed by atoms with Gasteiger partial charge in [0.15, 0.2) is 0 Å². The Balaban J connectivity index is 3.06. The van der Waals surface area contributed by atoms with Crippen LogP contribution in [0.3, 0.4) is 0 Å². The van der Waals surface area contributed by atoms with E-state index in [0.29, 0.717) is 22.0 Å². The molecule has 0 saturated heterocycles. The summed E-state index contributed by atoms with van der Waals surface area (Å²) >= 11 is 5.90. The van der Waals surface area contributed by atoms with Crippen molar-refractivity contribution in [3.8, 4) is 5.75 Å². The fraction of sp³-hybridized carbons (Fsp3) is 0.467. The van der Waals surface area contributed by atoms with Gasteiger partial charge < -0.3 is 15.6 Å². The van der Waals surface area contributed by atoms with Crippen molar-refractivity contribution < 1.29 is 9.84 Å². The number of allylic oxidation sites excluding steroid dienone is 1. The van der Waals surface area contributed by atoms with E-state index in [1.807, 2.05) is 13.8 Å². The van der Waals surface area contributed by atoms with Crippen molar-refractivity contribution in [2.75, 3.05) is 6.54 Å². The van der Waals surface area contributed by atoms with Gasteiger partial charge in [0.25, 0.3) is 0 Å². The second-order valence-electron chi connectivity index (χ2n) is 5.57. The summed E-state index contributed by atoms with van der Waals surface area (Å²) in [5.41, 5.74) is 6.15. The molecule has 0 unspecified atom stereocenters. The number of pyridine rings is 1. The van der Waals surface area contributed by atoms with Crippen molar-refractivity contribution in [3.63, 3.8) is 0 Å². The SMILES string of the molecule is CC(C)Oc1cc(Cl)ncc1C(C=NCC(C)(C)O)=CN. The molecule has 0 aliphatic rings. The highest BCUT2D eigenvalue weighted by Crippen LogP contribution is 2.27. The molecule has 1 aromatic rings. The van der Waals surface area contributed by atoms with Gasteiger partial charge in [-0.2, -0.15) is 0 Å². The van der Waals surface area contributed by atoms with E-state index in [-0.39, 0.29) is 12.6 Å². The molecule has 0 aliphatic heterocycles. The van der Waals surface area contributed by atoms with Crippen LogP contribution < -0.4 is 10.5 Å². The number of aliphatic hydroxyl groups is 1. The summed E-state index contributed by atoms with van der Waals surface area (Å²) in [6, 6.07) is 1.64. The Labute approximate surface area is 130 Å². The molecule has 0 bridgehead atoms. The molecule has 3 N–H and O–H groups in total. The summed E-state index contributed by atoms with van der Waals surface area (Å²) in [4.78, 5) is 8.24. The summed E-state index contributed by atoms with van der Waals surface area (Å²) < 4.78 is 5.72. The van der Waals surface area contributed by atoms with Gasteiger partial charge in [0, 0.05) is 35.8 Å². The average Bonchev–Trinajstić information content (AvgIpc) is 2.34. The maximum absolute atomic E-state index is 9.66. The third kappa shape index (κ3) is 6.14. The summed E-state index contributed by atoms with van der Waals surface area (Å²) in [5, 5.41) is 10.0. The number of halogens is 1. The number of rotatable bonds is 6. The highest BCUT2D eigenvalue weighted by atomic mass is 35.5. The number of aromatic nitrogens is 1. The normalized spacial score (nSPS) is 13.2. The molecule has 5 nitrogen and oxygen atoms in total. The van der Waals surface area contributed by atoms with Gasteiger partial charge >= 0.3 is 0 Å². The first-order chi connectivity index (χ1) is 9.73. The minimum absolute atomic E-state index is 0.00504. The molecule has 0 amide bonds. The maximum atomic E-state index is 9.66. The molecule has 0 fully saturated rings. The van der Waals surface area contributed by atoms with Gasteiger partial charge in [-0.25, -0.2) is 4.98 Å². The topological polar surface area (TPSA) is 80.7 Å². The molecule has 0 aliphatic carbocycles. The van der Waals surface area contributed by atoms with Crippen molar-refractivity contribution in [2.45, 2.75) is 39.4 Å². The predicted octanol–water partition coefficient (Wildman–Crippen LogP) is 2.66. The van der Waals surface area contributed by atoms with E-state index in [0.717, 1.165) is 0 Å². The number of nitrogens with two attached hydrogens (primary N) is 1. The Kier molecular flexibility index (Phi) is 6.18.